The van der Waals surface area contributed by atoms with Crippen molar-refractivity contribution >= 4 is 11.8 Å². The average Bonchev–Trinajstić information content (AvgIpc) is 3.00. The summed E-state index contributed by atoms with van der Waals surface area (Å²) in [6, 6.07) is 10.2. The molecule has 0 bridgehead atoms. The van der Waals surface area contributed by atoms with E-state index in [4.69, 9.17) is 10.5 Å². The van der Waals surface area contributed by atoms with Crippen LogP contribution in [0.1, 0.15) is 30.0 Å². The second-order valence-electron chi connectivity index (χ2n) is 5.48. The Morgan fingerprint density at radius 3 is 2.61 bits per heavy atom. The van der Waals surface area contributed by atoms with E-state index in [2.05, 4.69) is 15.5 Å². The second kappa shape index (κ2) is 7.44. The SMILES string of the molecule is CC(C)[C@@H](NC(=O)c1cc(COc2ccccc2)[nH]n1)C(N)=O. The molecule has 0 aliphatic carbocycles. The largest absolute Gasteiger partial charge is 0.487 e. The highest BCUT2D eigenvalue weighted by Crippen LogP contribution is 2.11. The Labute approximate surface area is 134 Å². The van der Waals surface area contributed by atoms with Crippen molar-refractivity contribution in [3.63, 3.8) is 0 Å². The molecule has 7 heteroatoms. The minimum Gasteiger partial charge on any atom is -0.487 e. The molecule has 7 nitrogen and oxygen atoms in total. The highest BCUT2D eigenvalue weighted by Gasteiger charge is 2.23. The van der Waals surface area contributed by atoms with E-state index in [1.165, 1.54) is 0 Å². The number of nitrogens with zero attached hydrogens (tertiary/aromatic N) is 1. The van der Waals surface area contributed by atoms with Crippen LogP contribution in [0.4, 0.5) is 0 Å². The lowest BCUT2D eigenvalue weighted by Gasteiger charge is -2.17. The van der Waals surface area contributed by atoms with Gasteiger partial charge in [0.2, 0.25) is 5.91 Å². The summed E-state index contributed by atoms with van der Waals surface area (Å²) in [5.41, 5.74) is 6.12. The molecule has 2 aromatic rings. The quantitative estimate of drug-likeness (QED) is 0.713. The Morgan fingerprint density at radius 1 is 1.30 bits per heavy atom. The molecule has 1 heterocycles. The molecule has 0 saturated heterocycles. The van der Waals surface area contributed by atoms with Crippen LogP contribution in [0, 0.1) is 5.92 Å². The lowest BCUT2D eigenvalue weighted by atomic mass is 10.0. The summed E-state index contributed by atoms with van der Waals surface area (Å²) in [4.78, 5) is 23.4. The topological polar surface area (TPSA) is 110 Å². The summed E-state index contributed by atoms with van der Waals surface area (Å²) in [6.07, 6.45) is 0. The third kappa shape index (κ3) is 4.57. The number of aromatic amines is 1. The van der Waals surface area contributed by atoms with Crippen molar-refractivity contribution in [2.45, 2.75) is 26.5 Å². The number of hydrogen-bond acceptors (Lipinski definition) is 4. The van der Waals surface area contributed by atoms with Gasteiger partial charge in [-0.2, -0.15) is 5.10 Å². The zero-order chi connectivity index (χ0) is 16.8. The van der Waals surface area contributed by atoms with Gasteiger partial charge in [-0.05, 0) is 24.1 Å². The first-order valence-electron chi connectivity index (χ1n) is 7.29. The predicted molar refractivity (Wildman–Crippen MR) is 84.6 cm³/mol. The molecule has 2 amide bonds. The molecule has 0 saturated carbocycles. The van der Waals surface area contributed by atoms with Crippen molar-refractivity contribution in [1.82, 2.24) is 15.5 Å². The van der Waals surface area contributed by atoms with Crippen molar-refractivity contribution in [2.75, 3.05) is 0 Å². The third-order valence-electron chi connectivity index (χ3n) is 3.26. The minimum absolute atomic E-state index is 0.101. The van der Waals surface area contributed by atoms with Gasteiger partial charge >= 0.3 is 0 Å². The molecule has 0 aliphatic rings. The summed E-state index contributed by atoms with van der Waals surface area (Å²) in [5, 5.41) is 9.25. The number of H-pyrrole nitrogens is 1. The number of ether oxygens (including phenoxy) is 1. The molecule has 1 atom stereocenters. The first-order valence-corrected chi connectivity index (χ1v) is 7.29. The van der Waals surface area contributed by atoms with Gasteiger partial charge in [-0.25, -0.2) is 0 Å². The number of rotatable bonds is 7. The Hall–Kier alpha value is -2.83. The molecule has 0 aliphatic heterocycles. The van der Waals surface area contributed by atoms with E-state index in [1.807, 2.05) is 30.3 Å². The number of primary amides is 1. The van der Waals surface area contributed by atoms with Gasteiger partial charge in [-0.3, -0.25) is 14.7 Å². The zero-order valence-corrected chi connectivity index (χ0v) is 13.1. The number of nitrogens with one attached hydrogen (secondary N) is 2. The zero-order valence-electron chi connectivity index (χ0n) is 13.1. The first kappa shape index (κ1) is 16.5. The van der Waals surface area contributed by atoms with E-state index in [9.17, 15) is 9.59 Å². The maximum absolute atomic E-state index is 12.1. The van der Waals surface area contributed by atoms with Gasteiger partial charge < -0.3 is 15.8 Å². The lowest BCUT2D eigenvalue weighted by molar-refractivity contribution is -0.120. The van der Waals surface area contributed by atoms with Crippen molar-refractivity contribution in [2.24, 2.45) is 11.7 Å². The van der Waals surface area contributed by atoms with Crippen LogP contribution in [0.15, 0.2) is 36.4 Å². The molecule has 4 N–H and O–H groups in total. The first-order chi connectivity index (χ1) is 11.0. The Kier molecular flexibility index (Phi) is 5.35. The average molecular weight is 316 g/mol. The highest BCUT2D eigenvalue weighted by atomic mass is 16.5. The van der Waals surface area contributed by atoms with E-state index in [0.29, 0.717) is 5.69 Å². The fourth-order valence-electron chi connectivity index (χ4n) is 2.01. The van der Waals surface area contributed by atoms with Gasteiger partial charge in [0.05, 0.1) is 5.69 Å². The van der Waals surface area contributed by atoms with Crippen LogP contribution in [0.2, 0.25) is 0 Å². The smallest absolute Gasteiger partial charge is 0.272 e. The van der Waals surface area contributed by atoms with Crippen LogP contribution < -0.4 is 15.8 Å². The number of para-hydroxylation sites is 1. The summed E-state index contributed by atoms with van der Waals surface area (Å²) in [5.74, 6) is -0.404. The number of hydrogen-bond donors (Lipinski definition) is 3. The van der Waals surface area contributed by atoms with Gasteiger partial charge in [-0.15, -0.1) is 0 Å². The highest BCUT2D eigenvalue weighted by molar-refractivity contribution is 5.95. The van der Waals surface area contributed by atoms with Crippen LogP contribution in [0.5, 0.6) is 5.75 Å². The van der Waals surface area contributed by atoms with Crippen LogP contribution in [0.25, 0.3) is 0 Å². The fourth-order valence-corrected chi connectivity index (χ4v) is 2.01. The van der Waals surface area contributed by atoms with Crippen molar-refractivity contribution in [3.05, 3.63) is 47.8 Å². The number of carbonyl (C=O) groups excluding carboxylic acids is 2. The van der Waals surface area contributed by atoms with Crippen LogP contribution >= 0.6 is 0 Å². The van der Waals surface area contributed by atoms with E-state index in [-0.39, 0.29) is 18.2 Å². The standard InChI is InChI=1S/C16H20N4O3/c1-10(2)14(15(17)21)18-16(22)13-8-11(19-20-13)9-23-12-6-4-3-5-7-12/h3-8,10,14H,9H2,1-2H3,(H2,17,21)(H,18,22)(H,19,20)/t14-/m1/s1. The molecular weight excluding hydrogens is 296 g/mol. The maximum atomic E-state index is 12.1. The summed E-state index contributed by atoms with van der Waals surface area (Å²) in [6.45, 7) is 3.87. The Morgan fingerprint density at radius 2 is 2.00 bits per heavy atom. The molecule has 1 aromatic carbocycles. The van der Waals surface area contributed by atoms with Gasteiger partial charge in [0.25, 0.3) is 5.91 Å². The summed E-state index contributed by atoms with van der Waals surface area (Å²) >= 11 is 0. The molecule has 122 valence electrons. The summed E-state index contributed by atoms with van der Waals surface area (Å²) in [7, 11) is 0. The third-order valence-corrected chi connectivity index (χ3v) is 3.26. The van der Waals surface area contributed by atoms with Gasteiger partial charge in [-0.1, -0.05) is 32.0 Å². The second-order valence-corrected chi connectivity index (χ2v) is 5.48. The van der Waals surface area contributed by atoms with Crippen LogP contribution in [-0.4, -0.2) is 28.1 Å². The normalized spacial score (nSPS) is 12.0. The molecule has 2 rings (SSSR count). The minimum atomic E-state index is -0.733. The monoisotopic (exact) mass is 316 g/mol. The molecule has 1 aromatic heterocycles. The number of benzene rings is 1. The number of aromatic nitrogens is 2. The van der Waals surface area contributed by atoms with E-state index in [0.717, 1.165) is 5.75 Å². The van der Waals surface area contributed by atoms with E-state index >= 15 is 0 Å². The van der Waals surface area contributed by atoms with E-state index in [1.54, 1.807) is 19.9 Å². The van der Waals surface area contributed by atoms with E-state index < -0.39 is 17.9 Å². The predicted octanol–water partition coefficient (Wildman–Crippen LogP) is 1.23. The molecule has 23 heavy (non-hydrogen) atoms. The maximum Gasteiger partial charge on any atom is 0.272 e. The number of nitrogens with two attached hydrogens (primary N) is 1. The van der Waals surface area contributed by atoms with Crippen LogP contribution in [-0.2, 0) is 11.4 Å². The van der Waals surface area contributed by atoms with Gasteiger partial charge in [0.15, 0.2) is 0 Å². The number of carbonyl (C=O) groups is 2. The number of amides is 2. The van der Waals surface area contributed by atoms with Crippen molar-refractivity contribution in [3.8, 4) is 5.75 Å². The van der Waals surface area contributed by atoms with Gasteiger partial charge in [0, 0.05) is 0 Å². The Balaban J connectivity index is 1.95. The van der Waals surface area contributed by atoms with Crippen LogP contribution in [0.3, 0.4) is 0 Å². The molecule has 0 spiro atoms. The molecular formula is C16H20N4O3. The molecule has 0 fully saturated rings. The molecule has 0 unspecified atom stereocenters. The summed E-state index contributed by atoms with van der Waals surface area (Å²) < 4.78 is 5.57. The molecule has 0 radical (unpaired) electrons. The lowest BCUT2D eigenvalue weighted by Crippen LogP contribution is -2.47. The van der Waals surface area contributed by atoms with Gasteiger partial charge in [0.1, 0.15) is 24.1 Å². The Bertz CT molecular complexity index is 667. The van der Waals surface area contributed by atoms with Crippen molar-refractivity contribution < 1.29 is 14.3 Å². The fraction of sp³-hybridized carbons (Fsp3) is 0.312. The van der Waals surface area contributed by atoms with Crippen molar-refractivity contribution in [1.29, 1.82) is 0 Å².